The average molecular weight is 250 g/mol. The third-order valence-corrected chi connectivity index (χ3v) is 3.01. The molecule has 2 N–H and O–H groups in total. The van der Waals surface area contributed by atoms with Crippen LogP contribution in [0.1, 0.15) is 17.0 Å². The maximum atomic E-state index is 6.28. The molecule has 4 heteroatoms. The molecule has 0 unspecified atom stereocenters. The maximum Gasteiger partial charge on any atom is 0.0867 e. The molecule has 90 valence electrons. The molecule has 0 aliphatic rings. The fraction of sp³-hybridized carbons (Fsp3) is 0.308. The summed E-state index contributed by atoms with van der Waals surface area (Å²) in [4.78, 5) is 0. The van der Waals surface area contributed by atoms with Gasteiger partial charge in [-0.15, -0.1) is 0 Å². The van der Waals surface area contributed by atoms with Crippen molar-refractivity contribution >= 4 is 11.6 Å². The van der Waals surface area contributed by atoms with Gasteiger partial charge in [0, 0.05) is 5.69 Å². The van der Waals surface area contributed by atoms with Crippen LogP contribution >= 0.6 is 11.6 Å². The molecule has 2 rings (SSSR count). The van der Waals surface area contributed by atoms with Crippen LogP contribution in [0.15, 0.2) is 24.3 Å². The summed E-state index contributed by atoms with van der Waals surface area (Å²) in [5, 5.41) is 5.19. The van der Waals surface area contributed by atoms with Crippen molar-refractivity contribution in [2.75, 3.05) is 6.54 Å². The van der Waals surface area contributed by atoms with Gasteiger partial charge in [0.05, 0.1) is 16.4 Å². The van der Waals surface area contributed by atoms with Crippen molar-refractivity contribution in [1.82, 2.24) is 9.78 Å². The predicted molar refractivity (Wildman–Crippen MR) is 70.8 cm³/mol. The Balaban J connectivity index is 2.61. The van der Waals surface area contributed by atoms with Crippen LogP contribution in [-0.2, 0) is 6.42 Å². The number of aromatic nitrogens is 2. The van der Waals surface area contributed by atoms with Gasteiger partial charge in [-0.1, -0.05) is 23.7 Å². The molecule has 0 fully saturated rings. The van der Waals surface area contributed by atoms with Crippen molar-refractivity contribution in [3.8, 4) is 5.69 Å². The van der Waals surface area contributed by atoms with Gasteiger partial charge >= 0.3 is 0 Å². The zero-order valence-electron chi connectivity index (χ0n) is 10.1. The predicted octanol–water partition coefficient (Wildman–Crippen LogP) is 2.64. The van der Waals surface area contributed by atoms with Gasteiger partial charge in [0.2, 0.25) is 0 Å². The summed E-state index contributed by atoms with van der Waals surface area (Å²) in [7, 11) is 0. The van der Waals surface area contributed by atoms with E-state index in [1.165, 1.54) is 0 Å². The van der Waals surface area contributed by atoms with Crippen LogP contribution in [0.4, 0.5) is 0 Å². The van der Waals surface area contributed by atoms with Crippen LogP contribution in [-0.4, -0.2) is 16.3 Å². The quantitative estimate of drug-likeness (QED) is 0.909. The number of rotatable bonds is 3. The number of hydrogen-bond acceptors (Lipinski definition) is 2. The standard InChI is InChI=1S/C13H16ClN3/c1-9-8-10(2)17(16-9)13-11(6-7-15)4-3-5-12(13)14/h3-5,8H,6-7,15H2,1-2H3. The second kappa shape index (κ2) is 4.90. The SMILES string of the molecule is Cc1cc(C)n(-c2c(Cl)cccc2CCN)n1. The Kier molecular flexibility index (Phi) is 3.50. The van der Waals surface area contributed by atoms with Crippen LogP contribution in [0, 0.1) is 13.8 Å². The van der Waals surface area contributed by atoms with Crippen molar-refractivity contribution in [3.63, 3.8) is 0 Å². The van der Waals surface area contributed by atoms with Crippen molar-refractivity contribution in [2.45, 2.75) is 20.3 Å². The number of aryl methyl sites for hydroxylation is 2. The summed E-state index contributed by atoms with van der Waals surface area (Å²) in [5.41, 5.74) is 9.77. The van der Waals surface area contributed by atoms with E-state index in [-0.39, 0.29) is 0 Å². The molecule has 0 spiro atoms. The highest BCUT2D eigenvalue weighted by atomic mass is 35.5. The number of hydrogen-bond donors (Lipinski definition) is 1. The van der Waals surface area contributed by atoms with Gasteiger partial charge in [-0.25, -0.2) is 4.68 Å². The molecule has 0 saturated heterocycles. The van der Waals surface area contributed by atoms with Gasteiger partial charge in [-0.3, -0.25) is 0 Å². The van der Waals surface area contributed by atoms with Crippen molar-refractivity contribution in [2.24, 2.45) is 5.73 Å². The Bertz CT molecular complexity index is 531. The second-order valence-corrected chi connectivity index (χ2v) is 4.53. The van der Waals surface area contributed by atoms with Crippen molar-refractivity contribution in [1.29, 1.82) is 0 Å². The first-order valence-electron chi connectivity index (χ1n) is 5.64. The normalized spacial score (nSPS) is 10.8. The summed E-state index contributed by atoms with van der Waals surface area (Å²) >= 11 is 6.28. The lowest BCUT2D eigenvalue weighted by Gasteiger charge is -2.12. The Morgan fingerprint density at radius 2 is 2.12 bits per heavy atom. The van der Waals surface area contributed by atoms with E-state index in [9.17, 15) is 0 Å². The van der Waals surface area contributed by atoms with Crippen LogP contribution in [0.25, 0.3) is 5.69 Å². The lowest BCUT2D eigenvalue weighted by molar-refractivity contribution is 0.814. The molecule has 0 amide bonds. The Morgan fingerprint density at radius 1 is 1.35 bits per heavy atom. The summed E-state index contributed by atoms with van der Waals surface area (Å²) in [6, 6.07) is 7.91. The van der Waals surface area contributed by atoms with E-state index < -0.39 is 0 Å². The number of benzene rings is 1. The number of para-hydroxylation sites is 1. The molecular formula is C13H16ClN3. The molecule has 0 radical (unpaired) electrons. The van der Waals surface area contributed by atoms with Gasteiger partial charge in [-0.2, -0.15) is 5.10 Å². The number of nitrogens with two attached hydrogens (primary N) is 1. The van der Waals surface area contributed by atoms with Gasteiger partial charge in [0.1, 0.15) is 0 Å². The molecule has 2 aromatic rings. The first kappa shape index (κ1) is 12.1. The molecule has 3 nitrogen and oxygen atoms in total. The minimum atomic E-state index is 0.604. The number of nitrogens with zero attached hydrogens (tertiary/aromatic N) is 2. The largest absolute Gasteiger partial charge is 0.330 e. The van der Waals surface area contributed by atoms with Gasteiger partial charge < -0.3 is 5.73 Å². The van der Waals surface area contributed by atoms with Gasteiger partial charge in [-0.05, 0) is 44.5 Å². The van der Waals surface area contributed by atoms with E-state index in [1.807, 2.05) is 42.8 Å². The zero-order chi connectivity index (χ0) is 12.4. The first-order valence-corrected chi connectivity index (χ1v) is 6.02. The molecule has 17 heavy (non-hydrogen) atoms. The highest BCUT2D eigenvalue weighted by molar-refractivity contribution is 6.32. The van der Waals surface area contributed by atoms with E-state index >= 15 is 0 Å². The molecule has 1 heterocycles. The Labute approximate surface area is 106 Å². The molecule has 0 bridgehead atoms. The summed E-state index contributed by atoms with van der Waals surface area (Å²) in [6.45, 7) is 4.60. The molecule has 0 aliphatic heterocycles. The first-order chi connectivity index (χ1) is 8.13. The minimum absolute atomic E-state index is 0.604. The average Bonchev–Trinajstić information content (AvgIpc) is 2.58. The van der Waals surface area contributed by atoms with Gasteiger partial charge in [0.15, 0.2) is 0 Å². The highest BCUT2D eigenvalue weighted by Crippen LogP contribution is 2.25. The van der Waals surface area contributed by atoms with Crippen molar-refractivity contribution in [3.05, 3.63) is 46.2 Å². The molecule has 1 aromatic carbocycles. The monoisotopic (exact) mass is 249 g/mol. The molecule has 0 aliphatic carbocycles. The third kappa shape index (κ3) is 2.35. The minimum Gasteiger partial charge on any atom is -0.330 e. The summed E-state index contributed by atoms with van der Waals surface area (Å²) in [6.07, 6.45) is 0.800. The maximum absolute atomic E-state index is 6.28. The van der Waals surface area contributed by atoms with E-state index in [0.29, 0.717) is 11.6 Å². The van der Waals surface area contributed by atoms with Crippen LogP contribution in [0.3, 0.4) is 0 Å². The Hall–Kier alpha value is -1.32. The molecule has 0 atom stereocenters. The van der Waals surface area contributed by atoms with E-state index in [4.69, 9.17) is 17.3 Å². The van der Waals surface area contributed by atoms with Crippen molar-refractivity contribution < 1.29 is 0 Å². The molecule has 0 saturated carbocycles. The Morgan fingerprint density at radius 3 is 2.71 bits per heavy atom. The van der Waals surface area contributed by atoms with Crippen LogP contribution in [0.2, 0.25) is 5.02 Å². The van der Waals surface area contributed by atoms with E-state index in [2.05, 4.69) is 5.10 Å². The fourth-order valence-electron chi connectivity index (χ4n) is 2.01. The molecule has 1 aromatic heterocycles. The lowest BCUT2D eigenvalue weighted by atomic mass is 10.1. The lowest BCUT2D eigenvalue weighted by Crippen LogP contribution is -2.09. The topological polar surface area (TPSA) is 43.8 Å². The summed E-state index contributed by atoms with van der Waals surface area (Å²) in [5.74, 6) is 0. The number of halogens is 1. The fourth-order valence-corrected chi connectivity index (χ4v) is 2.28. The second-order valence-electron chi connectivity index (χ2n) is 4.13. The molecular weight excluding hydrogens is 234 g/mol. The highest BCUT2D eigenvalue weighted by Gasteiger charge is 2.12. The van der Waals surface area contributed by atoms with E-state index in [1.54, 1.807) is 0 Å². The van der Waals surface area contributed by atoms with E-state index in [0.717, 1.165) is 29.1 Å². The third-order valence-electron chi connectivity index (χ3n) is 2.71. The zero-order valence-corrected chi connectivity index (χ0v) is 10.8. The van der Waals surface area contributed by atoms with Crippen LogP contribution < -0.4 is 5.73 Å². The van der Waals surface area contributed by atoms with Crippen LogP contribution in [0.5, 0.6) is 0 Å². The smallest absolute Gasteiger partial charge is 0.0867 e. The van der Waals surface area contributed by atoms with Gasteiger partial charge in [0.25, 0.3) is 0 Å². The summed E-state index contributed by atoms with van der Waals surface area (Å²) < 4.78 is 1.89.